The SMILES string of the molecule is Cl.Cl.NC1(N)C=CC(C=Cc2ccccc2)=CC1. The predicted molar refractivity (Wildman–Crippen MR) is 82.9 cm³/mol. The van der Waals surface area contributed by atoms with E-state index in [-0.39, 0.29) is 24.8 Å². The van der Waals surface area contributed by atoms with Crippen LogP contribution in [-0.4, -0.2) is 5.66 Å². The van der Waals surface area contributed by atoms with E-state index in [4.69, 9.17) is 11.5 Å². The van der Waals surface area contributed by atoms with Gasteiger partial charge in [0.05, 0.1) is 5.66 Å². The van der Waals surface area contributed by atoms with Crippen molar-refractivity contribution in [1.29, 1.82) is 0 Å². The van der Waals surface area contributed by atoms with Gasteiger partial charge in [0.25, 0.3) is 0 Å². The van der Waals surface area contributed by atoms with Gasteiger partial charge in [-0.05, 0) is 17.2 Å². The molecule has 0 atom stereocenters. The molecular formula is C14H18Cl2N2. The third kappa shape index (κ3) is 5.07. The van der Waals surface area contributed by atoms with Crippen LogP contribution in [0.4, 0.5) is 0 Å². The fourth-order valence-corrected chi connectivity index (χ4v) is 1.56. The molecule has 1 aliphatic rings. The third-order valence-electron chi connectivity index (χ3n) is 2.55. The Bertz CT molecular complexity index is 448. The fraction of sp³-hybridized carbons (Fsp3) is 0.143. The molecule has 0 amide bonds. The maximum atomic E-state index is 5.77. The number of halogens is 2. The molecule has 0 spiro atoms. The molecule has 1 aromatic rings. The summed E-state index contributed by atoms with van der Waals surface area (Å²) in [4.78, 5) is 0. The lowest BCUT2D eigenvalue weighted by molar-refractivity contribution is 0.555. The van der Waals surface area contributed by atoms with Crippen LogP contribution in [0.2, 0.25) is 0 Å². The average molecular weight is 285 g/mol. The van der Waals surface area contributed by atoms with E-state index in [0.29, 0.717) is 6.42 Å². The maximum absolute atomic E-state index is 5.77. The summed E-state index contributed by atoms with van der Waals surface area (Å²) in [6.07, 6.45) is 10.7. The lowest BCUT2D eigenvalue weighted by Crippen LogP contribution is -2.47. The second-order valence-corrected chi connectivity index (χ2v) is 4.10. The second-order valence-electron chi connectivity index (χ2n) is 4.10. The van der Waals surface area contributed by atoms with E-state index >= 15 is 0 Å². The number of rotatable bonds is 2. The number of hydrogen-bond acceptors (Lipinski definition) is 2. The van der Waals surface area contributed by atoms with Gasteiger partial charge in [0.15, 0.2) is 0 Å². The van der Waals surface area contributed by atoms with Gasteiger partial charge in [-0.15, -0.1) is 24.8 Å². The molecule has 0 saturated carbocycles. The van der Waals surface area contributed by atoms with Crippen LogP contribution in [0.25, 0.3) is 6.08 Å². The lowest BCUT2D eigenvalue weighted by atomic mass is 9.98. The maximum Gasteiger partial charge on any atom is 0.0867 e. The molecule has 18 heavy (non-hydrogen) atoms. The van der Waals surface area contributed by atoms with Crippen LogP contribution in [0.1, 0.15) is 12.0 Å². The quantitative estimate of drug-likeness (QED) is 0.821. The topological polar surface area (TPSA) is 52.0 Å². The highest BCUT2D eigenvalue weighted by atomic mass is 35.5. The summed E-state index contributed by atoms with van der Waals surface area (Å²) in [5, 5.41) is 0. The highest BCUT2D eigenvalue weighted by molar-refractivity contribution is 5.85. The van der Waals surface area contributed by atoms with Crippen molar-refractivity contribution in [1.82, 2.24) is 0 Å². The lowest BCUT2D eigenvalue weighted by Gasteiger charge is -2.21. The van der Waals surface area contributed by atoms with Crippen molar-refractivity contribution in [2.24, 2.45) is 11.5 Å². The fourth-order valence-electron chi connectivity index (χ4n) is 1.56. The monoisotopic (exact) mass is 284 g/mol. The van der Waals surface area contributed by atoms with Gasteiger partial charge >= 0.3 is 0 Å². The summed E-state index contributed by atoms with van der Waals surface area (Å²) >= 11 is 0. The van der Waals surface area contributed by atoms with Crippen LogP contribution in [0.15, 0.2) is 60.2 Å². The smallest absolute Gasteiger partial charge is 0.0867 e. The van der Waals surface area contributed by atoms with Crippen molar-refractivity contribution >= 4 is 30.9 Å². The summed E-state index contributed by atoms with van der Waals surface area (Å²) < 4.78 is 0. The van der Waals surface area contributed by atoms with Gasteiger partial charge in [-0.25, -0.2) is 0 Å². The average Bonchev–Trinajstić information content (AvgIpc) is 2.29. The van der Waals surface area contributed by atoms with Crippen molar-refractivity contribution < 1.29 is 0 Å². The van der Waals surface area contributed by atoms with Crippen LogP contribution in [0, 0.1) is 0 Å². The Morgan fingerprint density at radius 3 is 2.22 bits per heavy atom. The van der Waals surface area contributed by atoms with Crippen LogP contribution in [-0.2, 0) is 0 Å². The molecule has 98 valence electrons. The first kappa shape index (κ1) is 16.9. The molecule has 0 heterocycles. The van der Waals surface area contributed by atoms with E-state index in [0.717, 1.165) is 5.57 Å². The minimum atomic E-state index is -0.677. The summed E-state index contributed by atoms with van der Waals surface area (Å²) in [6, 6.07) is 10.2. The molecule has 2 rings (SSSR count). The van der Waals surface area contributed by atoms with Crippen LogP contribution in [0.5, 0.6) is 0 Å². The summed E-state index contributed by atoms with van der Waals surface area (Å²) in [5.41, 5.74) is 13.2. The number of nitrogens with two attached hydrogens (primary N) is 2. The van der Waals surface area contributed by atoms with Gasteiger partial charge < -0.3 is 11.5 Å². The molecule has 0 fully saturated rings. The Morgan fingerprint density at radius 1 is 1.00 bits per heavy atom. The standard InChI is InChI=1S/C14H16N2.2ClH/c15-14(16)10-8-13(9-11-14)7-6-12-4-2-1-3-5-12;;/h1-10H,11,15-16H2;2*1H. The van der Waals surface area contributed by atoms with Gasteiger partial charge in [0.2, 0.25) is 0 Å². The minimum absolute atomic E-state index is 0. The zero-order valence-electron chi connectivity index (χ0n) is 9.95. The normalized spacial score (nSPS) is 16.7. The van der Waals surface area contributed by atoms with Crippen molar-refractivity contribution in [3.63, 3.8) is 0 Å². The van der Waals surface area contributed by atoms with E-state index < -0.39 is 5.66 Å². The highest BCUT2D eigenvalue weighted by Gasteiger charge is 2.15. The molecule has 0 aliphatic heterocycles. The van der Waals surface area contributed by atoms with E-state index in [1.165, 1.54) is 5.56 Å². The first-order valence-corrected chi connectivity index (χ1v) is 5.36. The number of hydrogen-bond donors (Lipinski definition) is 2. The molecule has 1 aliphatic carbocycles. The van der Waals surface area contributed by atoms with E-state index in [1.807, 2.05) is 30.4 Å². The van der Waals surface area contributed by atoms with Crippen molar-refractivity contribution in [3.05, 3.63) is 65.8 Å². The number of allylic oxidation sites excluding steroid dienone is 3. The zero-order chi connectivity index (χ0) is 11.4. The van der Waals surface area contributed by atoms with E-state index in [1.54, 1.807) is 0 Å². The highest BCUT2D eigenvalue weighted by Crippen LogP contribution is 2.16. The molecule has 2 nitrogen and oxygen atoms in total. The Balaban J connectivity index is 0.00000144. The molecule has 4 N–H and O–H groups in total. The Morgan fingerprint density at radius 2 is 1.67 bits per heavy atom. The Labute approximate surface area is 120 Å². The predicted octanol–water partition coefficient (Wildman–Crippen LogP) is 3.04. The molecule has 0 aromatic heterocycles. The van der Waals surface area contributed by atoms with Crippen LogP contribution < -0.4 is 11.5 Å². The van der Waals surface area contributed by atoms with Gasteiger partial charge in [-0.2, -0.15) is 0 Å². The largest absolute Gasteiger partial charge is 0.310 e. The zero-order valence-corrected chi connectivity index (χ0v) is 11.6. The molecule has 4 heteroatoms. The van der Waals surface area contributed by atoms with Gasteiger partial charge in [0.1, 0.15) is 0 Å². The Hall–Kier alpha value is -1.06. The summed E-state index contributed by atoms with van der Waals surface area (Å²) in [5.74, 6) is 0. The summed E-state index contributed by atoms with van der Waals surface area (Å²) in [7, 11) is 0. The van der Waals surface area contributed by atoms with E-state index in [2.05, 4.69) is 30.4 Å². The van der Waals surface area contributed by atoms with Gasteiger partial charge in [-0.3, -0.25) is 0 Å². The third-order valence-corrected chi connectivity index (χ3v) is 2.55. The van der Waals surface area contributed by atoms with Gasteiger partial charge in [0, 0.05) is 6.42 Å². The molecule has 0 saturated heterocycles. The number of benzene rings is 1. The van der Waals surface area contributed by atoms with E-state index in [9.17, 15) is 0 Å². The first-order chi connectivity index (χ1) is 7.66. The van der Waals surface area contributed by atoms with Gasteiger partial charge in [-0.1, -0.05) is 54.6 Å². The Kier molecular flexibility index (Phi) is 6.96. The summed E-state index contributed by atoms with van der Waals surface area (Å²) in [6.45, 7) is 0. The molecule has 0 radical (unpaired) electrons. The second kappa shape index (κ2) is 7.39. The molecule has 0 bridgehead atoms. The van der Waals surface area contributed by atoms with Crippen LogP contribution >= 0.6 is 24.8 Å². The molecule has 1 aromatic carbocycles. The molecule has 0 unspecified atom stereocenters. The minimum Gasteiger partial charge on any atom is -0.310 e. The van der Waals surface area contributed by atoms with Crippen molar-refractivity contribution in [2.75, 3.05) is 0 Å². The van der Waals surface area contributed by atoms with Crippen LogP contribution in [0.3, 0.4) is 0 Å². The van der Waals surface area contributed by atoms with Crippen molar-refractivity contribution in [3.8, 4) is 0 Å². The first-order valence-electron chi connectivity index (χ1n) is 5.36. The molecular weight excluding hydrogens is 267 g/mol. The van der Waals surface area contributed by atoms with Crippen molar-refractivity contribution in [2.45, 2.75) is 12.1 Å².